The molecular weight excluding hydrogens is 322 g/mol. The number of hydrogen-bond acceptors (Lipinski definition) is 2. The van der Waals surface area contributed by atoms with Crippen molar-refractivity contribution in [1.82, 2.24) is 4.57 Å². The number of benzene rings is 2. The van der Waals surface area contributed by atoms with Crippen LogP contribution < -0.4 is 0 Å². The van der Waals surface area contributed by atoms with Crippen LogP contribution in [0.4, 0.5) is 0 Å². The number of carbonyl (C=O) groups excluding carboxylic acids is 1. The molecule has 3 nitrogen and oxygen atoms in total. The molecule has 0 spiro atoms. The smallest absolute Gasteiger partial charge is 0.355 e. The molecule has 2 heterocycles. The lowest BCUT2D eigenvalue weighted by Gasteiger charge is -2.09. The summed E-state index contributed by atoms with van der Waals surface area (Å²) in [5.74, 6) is -0.0377. The standard InChI is InChI=1S/C23H23NO2/c1-4-16-10-12-17(13-11-16)19-14-21(23(25)26-5-2)24-20-9-7-6-8-18(20)15(3)22(19)24/h6-15H,4-5H2,1-3H3. The van der Waals surface area contributed by atoms with Gasteiger partial charge in [-0.3, -0.25) is 0 Å². The van der Waals surface area contributed by atoms with E-state index in [1.807, 2.05) is 19.1 Å². The summed E-state index contributed by atoms with van der Waals surface area (Å²) < 4.78 is 7.41. The van der Waals surface area contributed by atoms with E-state index in [9.17, 15) is 4.79 Å². The predicted octanol–water partition coefficient (Wildman–Crippen LogP) is 5.35. The number of aromatic nitrogens is 1. The minimum atomic E-state index is -0.269. The lowest BCUT2D eigenvalue weighted by molar-refractivity contribution is 0.0517. The highest BCUT2D eigenvalue weighted by molar-refractivity contribution is 5.93. The zero-order valence-corrected chi connectivity index (χ0v) is 15.5. The summed E-state index contributed by atoms with van der Waals surface area (Å²) in [6, 6.07) is 18.9. The fraction of sp³-hybridized carbons (Fsp3) is 0.261. The van der Waals surface area contributed by atoms with Crippen LogP contribution in [0.25, 0.3) is 16.8 Å². The van der Waals surface area contributed by atoms with Crippen LogP contribution in [-0.2, 0) is 11.2 Å². The third kappa shape index (κ3) is 2.47. The number of carbonyl (C=O) groups is 1. The van der Waals surface area contributed by atoms with Gasteiger partial charge in [-0.2, -0.15) is 0 Å². The van der Waals surface area contributed by atoms with Gasteiger partial charge in [0.25, 0.3) is 0 Å². The van der Waals surface area contributed by atoms with Crippen LogP contribution in [0, 0.1) is 0 Å². The number of esters is 1. The maximum absolute atomic E-state index is 12.6. The van der Waals surface area contributed by atoms with Crippen molar-refractivity contribution >= 4 is 5.97 Å². The molecule has 2 aromatic carbocycles. The Hall–Kier alpha value is -2.81. The average molecular weight is 345 g/mol. The Balaban J connectivity index is 1.93. The van der Waals surface area contributed by atoms with Crippen molar-refractivity contribution in [3.63, 3.8) is 0 Å². The second-order valence-corrected chi connectivity index (χ2v) is 6.72. The minimum Gasteiger partial charge on any atom is -0.461 e. The Bertz CT molecular complexity index is 966. The van der Waals surface area contributed by atoms with Gasteiger partial charge in [0, 0.05) is 22.9 Å². The molecule has 1 atom stereocenters. The van der Waals surface area contributed by atoms with Crippen molar-refractivity contribution in [1.29, 1.82) is 0 Å². The van der Waals surface area contributed by atoms with E-state index in [0.717, 1.165) is 23.2 Å². The quantitative estimate of drug-likeness (QED) is 0.597. The molecule has 1 aliphatic rings. The van der Waals surface area contributed by atoms with E-state index in [-0.39, 0.29) is 11.9 Å². The third-order valence-electron chi connectivity index (χ3n) is 5.25. The van der Waals surface area contributed by atoms with Gasteiger partial charge < -0.3 is 9.30 Å². The van der Waals surface area contributed by atoms with E-state index in [1.54, 1.807) is 0 Å². The van der Waals surface area contributed by atoms with Crippen LogP contribution in [-0.4, -0.2) is 17.1 Å². The van der Waals surface area contributed by atoms with Crippen molar-refractivity contribution in [3.05, 3.63) is 77.1 Å². The van der Waals surface area contributed by atoms with Crippen molar-refractivity contribution in [2.45, 2.75) is 33.1 Å². The number of hydrogen-bond donors (Lipinski definition) is 0. The second-order valence-electron chi connectivity index (χ2n) is 6.72. The fourth-order valence-electron chi connectivity index (χ4n) is 3.92. The largest absolute Gasteiger partial charge is 0.461 e. The fourth-order valence-corrected chi connectivity index (χ4v) is 3.92. The molecular formula is C23H23NO2. The summed E-state index contributed by atoms with van der Waals surface area (Å²) in [4.78, 5) is 12.6. The zero-order valence-electron chi connectivity index (χ0n) is 15.5. The Morgan fingerprint density at radius 2 is 1.81 bits per heavy atom. The summed E-state index contributed by atoms with van der Waals surface area (Å²) in [6.45, 7) is 6.57. The van der Waals surface area contributed by atoms with Gasteiger partial charge in [-0.25, -0.2) is 4.79 Å². The Morgan fingerprint density at radius 3 is 2.50 bits per heavy atom. The first-order chi connectivity index (χ1) is 12.7. The van der Waals surface area contributed by atoms with Gasteiger partial charge in [0.15, 0.2) is 0 Å². The minimum absolute atomic E-state index is 0.232. The SMILES string of the molecule is CCOC(=O)c1cc(-c2ccc(CC)cc2)c2n1-c1ccccc1C2C. The van der Waals surface area contributed by atoms with Crippen LogP contribution in [0.5, 0.6) is 0 Å². The number of fused-ring (bicyclic) bond motifs is 3. The predicted molar refractivity (Wildman–Crippen MR) is 104 cm³/mol. The lowest BCUT2D eigenvalue weighted by Crippen LogP contribution is -2.10. The molecule has 1 aliphatic heterocycles. The maximum Gasteiger partial charge on any atom is 0.355 e. The number of aryl methyl sites for hydroxylation is 1. The van der Waals surface area contributed by atoms with E-state index in [2.05, 4.69) is 60.9 Å². The van der Waals surface area contributed by atoms with Gasteiger partial charge in [0.2, 0.25) is 0 Å². The average Bonchev–Trinajstić information content (AvgIpc) is 3.20. The molecule has 0 bridgehead atoms. The first kappa shape index (κ1) is 16.6. The molecule has 3 heteroatoms. The topological polar surface area (TPSA) is 31.2 Å². The second kappa shape index (κ2) is 6.49. The highest BCUT2D eigenvalue weighted by atomic mass is 16.5. The number of para-hydroxylation sites is 1. The van der Waals surface area contributed by atoms with Crippen LogP contribution >= 0.6 is 0 Å². The molecule has 132 valence electrons. The van der Waals surface area contributed by atoms with Crippen molar-refractivity contribution in [2.24, 2.45) is 0 Å². The van der Waals surface area contributed by atoms with E-state index < -0.39 is 0 Å². The van der Waals surface area contributed by atoms with Crippen molar-refractivity contribution < 1.29 is 9.53 Å². The van der Waals surface area contributed by atoms with Gasteiger partial charge in [-0.05, 0) is 42.2 Å². The van der Waals surface area contributed by atoms with E-state index in [1.165, 1.54) is 16.8 Å². The Morgan fingerprint density at radius 1 is 1.08 bits per heavy atom. The molecule has 0 radical (unpaired) electrons. The molecule has 1 unspecified atom stereocenters. The summed E-state index contributed by atoms with van der Waals surface area (Å²) in [5, 5.41) is 0. The molecule has 0 fully saturated rings. The normalized spacial score (nSPS) is 14.8. The van der Waals surface area contributed by atoms with Gasteiger partial charge in [-0.1, -0.05) is 56.3 Å². The summed E-state index contributed by atoms with van der Waals surface area (Å²) >= 11 is 0. The summed E-state index contributed by atoms with van der Waals surface area (Å²) in [6.07, 6.45) is 1.02. The molecule has 26 heavy (non-hydrogen) atoms. The Kier molecular flexibility index (Phi) is 4.15. The van der Waals surface area contributed by atoms with Gasteiger partial charge in [0.1, 0.15) is 5.69 Å². The van der Waals surface area contributed by atoms with Gasteiger partial charge >= 0.3 is 5.97 Å². The first-order valence-electron chi connectivity index (χ1n) is 9.27. The van der Waals surface area contributed by atoms with E-state index in [4.69, 9.17) is 4.74 Å². The molecule has 4 rings (SSSR count). The van der Waals surface area contributed by atoms with Crippen molar-refractivity contribution in [3.8, 4) is 16.8 Å². The molecule has 0 saturated carbocycles. The van der Waals surface area contributed by atoms with Gasteiger partial charge in [-0.15, -0.1) is 0 Å². The zero-order chi connectivity index (χ0) is 18.3. The van der Waals surface area contributed by atoms with Gasteiger partial charge in [0.05, 0.1) is 6.61 Å². The maximum atomic E-state index is 12.6. The van der Waals surface area contributed by atoms with Crippen LogP contribution in [0.15, 0.2) is 54.6 Å². The molecule has 3 aromatic rings. The highest BCUT2D eigenvalue weighted by Gasteiger charge is 2.33. The lowest BCUT2D eigenvalue weighted by atomic mass is 9.94. The Labute approximate surface area is 154 Å². The number of rotatable bonds is 4. The molecule has 0 amide bonds. The summed E-state index contributed by atoms with van der Waals surface area (Å²) in [5.41, 5.74) is 7.66. The highest BCUT2D eigenvalue weighted by Crippen LogP contribution is 2.45. The van der Waals surface area contributed by atoms with Crippen LogP contribution in [0.2, 0.25) is 0 Å². The monoisotopic (exact) mass is 345 g/mol. The molecule has 0 aliphatic carbocycles. The van der Waals surface area contributed by atoms with Crippen molar-refractivity contribution in [2.75, 3.05) is 6.61 Å². The van der Waals surface area contributed by atoms with Crippen LogP contribution in [0.3, 0.4) is 0 Å². The van der Waals surface area contributed by atoms with E-state index in [0.29, 0.717) is 12.3 Å². The van der Waals surface area contributed by atoms with E-state index >= 15 is 0 Å². The summed E-state index contributed by atoms with van der Waals surface area (Å²) in [7, 11) is 0. The number of ether oxygens (including phenoxy) is 1. The third-order valence-corrected chi connectivity index (χ3v) is 5.25. The first-order valence-corrected chi connectivity index (χ1v) is 9.27. The molecule has 0 saturated heterocycles. The molecule has 0 N–H and O–H groups in total. The van der Waals surface area contributed by atoms with Crippen LogP contribution in [0.1, 0.15) is 54.0 Å². The molecule has 1 aromatic heterocycles. The number of nitrogens with zero attached hydrogens (tertiary/aromatic N) is 1.